The van der Waals surface area contributed by atoms with Gasteiger partial charge in [0.25, 0.3) is 0 Å². The second-order valence-electron chi connectivity index (χ2n) is 7.18. The molecule has 0 atom stereocenters. The van der Waals surface area contributed by atoms with E-state index in [1.165, 1.54) is 33.4 Å². The Morgan fingerprint density at radius 2 is 0.962 bits per heavy atom. The van der Waals surface area contributed by atoms with Crippen molar-refractivity contribution in [3.8, 4) is 0 Å². The summed E-state index contributed by atoms with van der Waals surface area (Å²) in [5.74, 6) is 0. The van der Waals surface area contributed by atoms with Gasteiger partial charge in [-0.1, -0.05) is 108 Å². The highest BCUT2D eigenvalue weighted by Crippen LogP contribution is 2.50. The fourth-order valence-electron chi connectivity index (χ4n) is 4.44. The lowest BCUT2D eigenvalue weighted by molar-refractivity contribution is 0.700. The summed E-state index contributed by atoms with van der Waals surface area (Å²) >= 11 is 0. The zero-order chi connectivity index (χ0) is 18.0. The Bertz CT molecular complexity index is 848. The van der Waals surface area contributed by atoms with Gasteiger partial charge in [0.05, 0.1) is 5.41 Å². The Hall–Kier alpha value is -2.86. The van der Waals surface area contributed by atoms with Gasteiger partial charge in [-0.3, -0.25) is 0 Å². The van der Waals surface area contributed by atoms with Crippen LogP contribution in [0.15, 0.2) is 114 Å². The van der Waals surface area contributed by atoms with E-state index < -0.39 is 0 Å². The maximum atomic E-state index is 2.35. The molecule has 0 bridgehead atoms. The maximum Gasteiger partial charge on any atom is 0.0670 e. The first-order valence-corrected chi connectivity index (χ1v) is 9.27. The predicted octanol–water partition coefficient (Wildman–Crippen LogP) is 6.69. The summed E-state index contributed by atoms with van der Waals surface area (Å²) in [5, 5.41) is 0. The Labute approximate surface area is 156 Å². The highest BCUT2D eigenvalue weighted by Gasteiger charge is 2.41. The van der Waals surface area contributed by atoms with Gasteiger partial charge in [-0.05, 0) is 42.5 Å². The standard InChI is InChI=1S/C26H24/c1-20-18-21(2)25(19-20)26(22-12-6-3-7-13-22,23-14-8-4-9-15-23)24-16-10-5-11-17-24/h3-18H,19H2,1-2H3. The van der Waals surface area contributed by atoms with Gasteiger partial charge in [0.2, 0.25) is 0 Å². The van der Waals surface area contributed by atoms with Crippen LogP contribution in [0, 0.1) is 0 Å². The molecule has 0 N–H and O–H groups in total. The molecule has 0 radical (unpaired) electrons. The zero-order valence-electron chi connectivity index (χ0n) is 15.4. The summed E-state index contributed by atoms with van der Waals surface area (Å²) in [5.41, 5.74) is 8.03. The molecule has 0 aliphatic heterocycles. The highest BCUT2D eigenvalue weighted by molar-refractivity contribution is 5.62. The van der Waals surface area contributed by atoms with Crippen LogP contribution in [0.3, 0.4) is 0 Å². The van der Waals surface area contributed by atoms with E-state index in [1.54, 1.807) is 0 Å². The quantitative estimate of drug-likeness (QED) is 0.466. The smallest absolute Gasteiger partial charge is 0.0670 e. The maximum absolute atomic E-state index is 2.35. The number of benzene rings is 3. The molecule has 0 heterocycles. The third-order valence-electron chi connectivity index (χ3n) is 5.47. The van der Waals surface area contributed by atoms with Gasteiger partial charge in [-0.2, -0.15) is 0 Å². The summed E-state index contributed by atoms with van der Waals surface area (Å²) < 4.78 is 0. The fourth-order valence-corrected chi connectivity index (χ4v) is 4.44. The van der Waals surface area contributed by atoms with Gasteiger partial charge in [0.1, 0.15) is 0 Å². The lowest BCUT2D eigenvalue weighted by Gasteiger charge is -2.38. The molecule has 0 heteroatoms. The first-order chi connectivity index (χ1) is 12.7. The minimum Gasteiger partial charge on any atom is -0.0689 e. The normalized spacial score (nSPS) is 14.5. The predicted molar refractivity (Wildman–Crippen MR) is 110 cm³/mol. The average molecular weight is 336 g/mol. The summed E-state index contributed by atoms with van der Waals surface area (Å²) in [6.45, 7) is 4.50. The van der Waals surface area contributed by atoms with Crippen LogP contribution in [0.4, 0.5) is 0 Å². The van der Waals surface area contributed by atoms with Gasteiger partial charge in [-0.15, -0.1) is 0 Å². The monoisotopic (exact) mass is 336 g/mol. The van der Waals surface area contributed by atoms with Crippen molar-refractivity contribution in [1.82, 2.24) is 0 Å². The number of allylic oxidation sites excluding steroid dienone is 4. The Morgan fingerprint density at radius 1 is 0.577 bits per heavy atom. The molecule has 0 aromatic heterocycles. The molecule has 0 fully saturated rings. The van der Waals surface area contributed by atoms with Crippen molar-refractivity contribution in [2.24, 2.45) is 0 Å². The number of rotatable bonds is 4. The highest BCUT2D eigenvalue weighted by atomic mass is 14.4. The van der Waals surface area contributed by atoms with Gasteiger partial charge in [0, 0.05) is 0 Å². The fraction of sp³-hybridized carbons (Fsp3) is 0.154. The van der Waals surface area contributed by atoms with Crippen LogP contribution >= 0.6 is 0 Å². The van der Waals surface area contributed by atoms with Gasteiger partial charge >= 0.3 is 0 Å². The molecule has 4 rings (SSSR count). The van der Waals surface area contributed by atoms with E-state index in [0.717, 1.165) is 6.42 Å². The molecule has 1 aliphatic rings. The van der Waals surface area contributed by atoms with Crippen LogP contribution in [0.25, 0.3) is 0 Å². The zero-order valence-corrected chi connectivity index (χ0v) is 15.4. The van der Waals surface area contributed by atoms with E-state index in [0.29, 0.717) is 0 Å². The number of hydrogen-bond acceptors (Lipinski definition) is 0. The van der Waals surface area contributed by atoms with Crippen LogP contribution < -0.4 is 0 Å². The van der Waals surface area contributed by atoms with E-state index in [2.05, 4.69) is 111 Å². The molecular weight excluding hydrogens is 312 g/mol. The summed E-state index contributed by atoms with van der Waals surface area (Å²) in [4.78, 5) is 0. The topological polar surface area (TPSA) is 0 Å². The molecule has 0 nitrogen and oxygen atoms in total. The summed E-state index contributed by atoms with van der Waals surface area (Å²) in [6, 6.07) is 32.9. The molecule has 0 spiro atoms. The van der Waals surface area contributed by atoms with E-state index in [1.807, 2.05) is 0 Å². The first kappa shape index (κ1) is 16.6. The third-order valence-corrected chi connectivity index (χ3v) is 5.47. The van der Waals surface area contributed by atoms with Crippen molar-refractivity contribution in [3.63, 3.8) is 0 Å². The minimum atomic E-state index is -0.262. The second-order valence-corrected chi connectivity index (χ2v) is 7.18. The molecule has 3 aromatic rings. The first-order valence-electron chi connectivity index (χ1n) is 9.27. The van der Waals surface area contributed by atoms with Crippen molar-refractivity contribution in [3.05, 3.63) is 130 Å². The van der Waals surface area contributed by atoms with Crippen LogP contribution in [0.2, 0.25) is 0 Å². The van der Waals surface area contributed by atoms with E-state index in [-0.39, 0.29) is 5.41 Å². The van der Waals surface area contributed by atoms with E-state index in [9.17, 15) is 0 Å². The van der Waals surface area contributed by atoms with Crippen molar-refractivity contribution in [2.75, 3.05) is 0 Å². The van der Waals surface area contributed by atoms with E-state index >= 15 is 0 Å². The molecule has 128 valence electrons. The SMILES string of the molecule is CC1=CC(C)=C(C(c2ccccc2)(c2ccccc2)c2ccccc2)C1. The minimum absolute atomic E-state index is 0.262. The molecule has 0 saturated heterocycles. The summed E-state index contributed by atoms with van der Waals surface area (Å²) in [6.07, 6.45) is 3.36. The van der Waals surface area contributed by atoms with E-state index in [4.69, 9.17) is 0 Å². The molecule has 0 unspecified atom stereocenters. The van der Waals surface area contributed by atoms with Gasteiger partial charge in [-0.25, -0.2) is 0 Å². The molecule has 0 saturated carbocycles. The second kappa shape index (κ2) is 6.80. The lowest BCUT2D eigenvalue weighted by Crippen LogP contribution is -2.32. The van der Waals surface area contributed by atoms with Crippen molar-refractivity contribution in [1.29, 1.82) is 0 Å². The molecule has 3 aromatic carbocycles. The van der Waals surface area contributed by atoms with Crippen LogP contribution in [-0.4, -0.2) is 0 Å². The third kappa shape index (κ3) is 2.63. The van der Waals surface area contributed by atoms with Crippen LogP contribution in [0.5, 0.6) is 0 Å². The van der Waals surface area contributed by atoms with Gasteiger partial charge < -0.3 is 0 Å². The van der Waals surface area contributed by atoms with Crippen molar-refractivity contribution < 1.29 is 0 Å². The Kier molecular flexibility index (Phi) is 4.34. The molecule has 26 heavy (non-hydrogen) atoms. The van der Waals surface area contributed by atoms with Crippen molar-refractivity contribution >= 4 is 0 Å². The molecule has 0 amide bonds. The van der Waals surface area contributed by atoms with Crippen molar-refractivity contribution in [2.45, 2.75) is 25.7 Å². The molecule has 1 aliphatic carbocycles. The summed E-state index contributed by atoms with van der Waals surface area (Å²) in [7, 11) is 0. The molecular formula is C26H24. The number of hydrogen-bond donors (Lipinski definition) is 0. The Morgan fingerprint density at radius 3 is 1.27 bits per heavy atom. The largest absolute Gasteiger partial charge is 0.0689 e. The lowest BCUT2D eigenvalue weighted by atomic mass is 9.63. The van der Waals surface area contributed by atoms with Crippen LogP contribution in [-0.2, 0) is 5.41 Å². The van der Waals surface area contributed by atoms with Gasteiger partial charge in [0.15, 0.2) is 0 Å². The average Bonchev–Trinajstić information content (AvgIpc) is 3.03. The van der Waals surface area contributed by atoms with Crippen LogP contribution in [0.1, 0.15) is 37.0 Å². The Balaban J connectivity index is 2.10.